The Morgan fingerprint density at radius 3 is 2.75 bits per heavy atom. The molecule has 0 saturated heterocycles. The summed E-state index contributed by atoms with van der Waals surface area (Å²) in [4.78, 5) is 3.75. The van der Waals surface area contributed by atoms with Crippen LogP contribution in [-0.4, -0.2) is 4.98 Å². The summed E-state index contributed by atoms with van der Waals surface area (Å²) in [5.41, 5.74) is 1.39. The van der Waals surface area contributed by atoms with E-state index in [2.05, 4.69) is 17.6 Å². The molecule has 0 atom stereocenters. The second-order valence-electron chi connectivity index (χ2n) is 2.40. The number of halogens is 1. The molecule has 2 heterocycles. The van der Waals surface area contributed by atoms with Gasteiger partial charge in [0.1, 0.15) is 5.82 Å². The molecule has 0 unspecified atom stereocenters. The summed E-state index contributed by atoms with van der Waals surface area (Å²) in [6, 6.07) is 1.80. The molecule has 62 valence electrons. The lowest BCUT2D eigenvalue weighted by Gasteiger charge is -1.90. The van der Waals surface area contributed by atoms with Crippen molar-refractivity contribution in [1.82, 2.24) is 4.98 Å². The highest BCUT2D eigenvalue weighted by Gasteiger charge is 2.06. The van der Waals surface area contributed by atoms with E-state index in [1.807, 2.05) is 0 Å². The predicted octanol–water partition coefficient (Wildman–Crippen LogP) is 3.17. The molecule has 0 aromatic carbocycles. The molecule has 0 aliphatic heterocycles. The normalized spacial score (nSPS) is 10.5. The smallest absolute Gasteiger partial charge is 0.143 e. The van der Waals surface area contributed by atoms with Gasteiger partial charge in [-0.1, -0.05) is 0 Å². The van der Waals surface area contributed by atoms with Crippen molar-refractivity contribution < 1.29 is 4.39 Å². The van der Waals surface area contributed by atoms with Gasteiger partial charge in [0.2, 0.25) is 0 Å². The molecular formula is C8H6FNS2. The van der Waals surface area contributed by atoms with Gasteiger partial charge in [0, 0.05) is 27.4 Å². The van der Waals surface area contributed by atoms with E-state index < -0.39 is 0 Å². The standard InChI is InChI=1S/C8H6FNS2/c9-7-4-12-3-6(7)8-1-5(11)2-10-8/h1-4,10-11H. The molecule has 12 heavy (non-hydrogen) atoms. The lowest BCUT2D eigenvalue weighted by molar-refractivity contribution is 0.636. The molecule has 2 aromatic heterocycles. The first-order valence-corrected chi connectivity index (χ1v) is 4.76. The molecule has 0 spiro atoms. The van der Waals surface area contributed by atoms with Crippen LogP contribution in [0.15, 0.2) is 27.9 Å². The highest BCUT2D eigenvalue weighted by atomic mass is 32.1. The Kier molecular flexibility index (Phi) is 1.94. The summed E-state index contributed by atoms with van der Waals surface area (Å²) < 4.78 is 13.0. The molecule has 0 radical (unpaired) electrons. The number of hydrogen-bond donors (Lipinski definition) is 2. The topological polar surface area (TPSA) is 15.8 Å². The maximum Gasteiger partial charge on any atom is 0.143 e. The lowest BCUT2D eigenvalue weighted by atomic mass is 10.2. The van der Waals surface area contributed by atoms with Crippen molar-refractivity contribution >= 4 is 24.0 Å². The molecule has 2 rings (SSSR count). The van der Waals surface area contributed by atoms with Crippen LogP contribution in [0.4, 0.5) is 4.39 Å². The number of aromatic amines is 1. The molecule has 0 aliphatic rings. The number of rotatable bonds is 1. The Morgan fingerprint density at radius 2 is 2.25 bits per heavy atom. The summed E-state index contributed by atoms with van der Waals surface area (Å²) in [5, 5.41) is 3.25. The third-order valence-corrected chi connectivity index (χ3v) is 2.55. The van der Waals surface area contributed by atoms with Crippen LogP contribution in [0, 0.1) is 5.82 Å². The van der Waals surface area contributed by atoms with Gasteiger partial charge in [-0.05, 0) is 6.07 Å². The van der Waals surface area contributed by atoms with Crippen LogP contribution in [0.5, 0.6) is 0 Å². The van der Waals surface area contributed by atoms with E-state index in [0.717, 1.165) is 10.6 Å². The van der Waals surface area contributed by atoms with E-state index in [1.54, 1.807) is 17.6 Å². The summed E-state index contributed by atoms with van der Waals surface area (Å²) in [7, 11) is 0. The molecule has 0 amide bonds. The van der Waals surface area contributed by atoms with Crippen LogP contribution in [0.2, 0.25) is 0 Å². The average molecular weight is 199 g/mol. The maximum atomic E-state index is 13.0. The first-order valence-electron chi connectivity index (χ1n) is 3.37. The van der Waals surface area contributed by atoms with Gasteiger partial charge in [0.15, 0.2) is 0 Å². The van der Waals surface area contributed by atoms with Crippen molar-refractivity contribution in [1.29, 1.82) is 0 Å². The van der Waals surface area contributed by atoms with Crippen molar-refractivity contribution in [2.45, 2.75) is 4.90 Å². The molecule has 0 bridgehead atoms. The van der Waals surface area contributed by atoms with Crippen LogP contribution in [0.3, 0.4) is 0 Å². The van der Waals surface area contributed by atoms with Gasteiger partial charge in [-0.25, -0.2) is 4.39 Å². The van der Waals surface area contributed by atoms with Crippen LogP contribution >= 0.6 is 24.0 Å². The Labute approximate surface area is 78.7 Å². The summed E-state index contributed by atoms with van der Waals surface area (Å²) >= 11 is 5.47. The average Bonchev–Trinajstić information content (AvgIpc) is 2.58. The molecule has 0 aliphatic carbocycles. The van der Waals surface area contributed by atoms with E-state index in [4.69, 9.17) is 0 Å². The first-order chi connectivity index (χ1) is 5.77. The van der Waals surface area contributed by atoms with Crippen molar-refractivity contribution in [3.05, 3.63) is 28.8 Å². The first kappa shape index (κ1) is 7.89. The number of thiol groups is 1. The lowest BCUT2D eigenvalue weighted by Crippen LogP contribution is -1.75. The SMILES string of the molecule is Fc1cscc1-c1cc(S)c[nH]1. The van der Waals surface area contributed by atoms with Gasteiger partial charge < -0.3 is 4.98 Å². The van der Waals surface area contributed by atoms with Crippen molar-refractivity contribution in [2.24, 2.45) is 0 Å². The number of thiophene rings is 1. The monoisotopic (exact) mass is 199 g/mol. The molecule has 0 fully saturated rings. The third kappa shape index (κ3) is 1.28. The minimum Gasteiger partial charge on any atom is -0.360 e. The fraction of sp³-hybridized carbons (Fsp3) is 0. The highest BCUT2D eigenvalue weighted by Crippen LogP contribution is 2.26. The Balaban J connectivity index is 2.50. The van der Waals surface area contributed by atoms with E-state index in [1.165, 1.54) is 16.7 Å². The molecular weight excluding hydrogens is 193 g/mol. The number of hydrogen-bond acceptors (Lipinski definition) is 2. The van der Waals surface area contributed by atoms with E-state index in [9.17, 15) is 4.39 Å². The zero-order valence-corrected chi connectivity index (χ0v) is 7.75. The van der Waals surface area contributed by atoms with Crippen LogP contribution in [0.1, 0.15) is 0 Å². The maximum absolute atomic E-state index is 13.0. The molecule has 1 N–H and O–H groups in total. The predicted molar refractivity (Wildman–Crippen MR) is 51.3 cm³/mol. The summed E-state index contributed by atoms with van der Waals surface area (Å²) in [6.07, 6.45) is 1.73. The molecule has 1 nitrogen and oxygen atoms in total. The van der Waals surface area contributed by atoms with Gasteiger partial charge in [-0.2, -0.15) is 0 Å². The molecule has 0 saturated carbocycles. The van der Waals surface area contributed by atoms with E-state index in [0.29, 0.717) is 5.56 Å². The van der Waals surface area contributed by atoms with Crippen molar-refractivity contribution in [3.8, 4) is 11.3 Å². The van der Waals surface area contributed by atoms with Gasteiger partial charge in [0.05, 0.1) is 5.69 Å². The van der Waals surface area contributed by atoms with Crippen LogP contribution in [0.25, 0.3) is 11.3 Å². The Morgan fingerprint density at radius 1 is 1.42 bits per heavy atom. The highest BCUT2D eigenvalue weighted by molar-refractivity contribution is 7.80. The Bertz CT molecular complexity index is 391. The third-order valence-electron chi connectivity index (χ3n) is 1.57. The minimum absolute atomic E-state index is 0.185. The summed E-state index contributed by atoms with van der Waals surface area (Å²) in [6.45, 7) is 0. The largest absolute Gasteiger partial charge is 0.360 e. The van der Waals surface area contributed by atoms with E-state index in [-0.39, 0.29) is 5.82 Å². The minimum atomic E-state index is -0.185. The van der Waals surface area contributed by atoms with Crippen molar-refractivity contribution in [3.63, 3.8) is 0 Å². The number of nitrogens with one attached hydrogen (secondary N) is 1. The zero-order chi connectivity index (χ0) is 8.55. The van der Waals surface area contributed by atoms with Crippen molar-refractivity contribution in [2.75, 3.05) is 0 Å². The fourth-order valence-corrected chi connectivity index (χ4v) is 1.90. The summed E-state index contributed by atoms with van der Waals surface area (Å²) in [5.74, 6) is -0.185. The quantitative estimate of drug-likeness (QED) is 0.656. The van der Waals surface area contributed by atoms with E-state index >= 15 is 0 Å². The van der Waals surface area contributed by atoms with Gasteiger partial charge >= 0.3 is 0 Å². The van der Waals surface area contributed by atoms with Crippen LogP contribution in [-0.2, 0) is 0 Å². The van der Waals surface area contributed by atoms with Gasteiger partial charge in [-0.15, -0.1) is 24.0 Å². The van der Waals surface area contributed by atoms with Gasteiger partial charge in [-0.3, -0.25) is 0 Å². The second kappa shape index (κ2) is 2.95. The molecule has 2 aromatic rings. The molecule has 4 heteroatoms. The second-order valence-corrected chi connectivity index (χ2v) is 3.66. The fourth-order valence-electron chi connectivity index (χ4n) is 1.01. The van der Waals surface area contributed by atoms with Crippen LogP contribution < -0.4 is 0 Å². The number of H-pyrrole nitrogens is 1. The Hall–Kier alpha value is -0.740. The zero-order valence-electron chi connectivity index (χ0n) is 6.04. The van der Waals surface area contributed by atoms with Gasteiger partial charge in [0.25, 0.3) is 0 Å². The number of aromatic nitrogens is 1.